The molecule has 0 unspecified atom stereocenters. The number of rotatable bonds is 11. The molecule has 0 amide bonds. The van der Waals surface area contributed by atoms with Gasteiger partial charge in [-0.05, 0) is 44.4 Å². The summed E-state index contributed by atoms with van der Waals surface area (Å²) in [5, 5.41) is 17.7. The number of aromatic nitrogens is 2. The Balaban J connectivity index is 1.55. The molecular formula is C23H24F5N3O3S. The highest BCUT2D eigenvalue weighted by atomic mass is 32.1. The average Bonchev–Trinajstić information content (AvgIpc) is 3.28. The summed E-state index contributed by atoms with van der Waals surface area (Å²) >= 11 is 1.00. The van der Waals surface area contributed by atoms with Crippen LogP contribution in [-0.4, -0.2) is 35.1 Å². The van der Waals surface area contributed by atoms with Gasteiger partial charge < -0.3 is 20.3 Å². The molecule has 35 heavy (non-hydrogen) atoms. The number of benzene rings is 2. The van der Waals surface area contributed by atoms with Crippen LogP contribution >= 0.6 is 11.3 Å². The number of alkyl halides is 3. The van der Waals surface area contributed by atoms with E-state index in [1.165, 1.54) is 12.1 Å². The first kappa shape index (κ1) is 26.8. The molecule has 0 bridgehead atoms. The van der Waals surface area contributed by atoms with Crippen molar-refractivity contribution in [3.05, 3.63) is 58.6 Å². The topological polar surface area (TPSA) is 90.5 Å². The van der Waals surface area contributed by atoms with E-state index in [1.807, 2.05) is 0 Å². The number of ether oxygens (including phenoxy) is 2. The summed E-state index contributed by atoms with van der Waals surface area (Å²) in [6.07, 6.45) is -3.09. The molecule has 0 aliphatic carbocycles. The van der Waals surface area contributed by atoms with Gasteiger partial charge in [0.05, 0.1) is 30.9 Å². The van der Waals surface area contributed by atoms with Gasteiger partial charge in [0.2, 0.25) is 0 Å². The van der Waals surface area contributed by atoms with E-state index >= 15 is 0 Å². The fraction of sp³-hybridized carbons (Fsp3) is 0.391. The fourth-order valence-electron chi connectivity index (χ4n) is 3.01. The van der Waals surface area contributed by atoms with Crippen LogP contribution in [0.3, 0.4) is 0 Å². The van der Waals surface area contributed by atoms with Crippen LogP contribution in [0.4, 0.5) is 22.0 Å². The molecule has 2 aromatic carbocycles. The van der Waals surface area contributed by atoms with Gasteiger partial charge in [-0.2, -0.15) is 13.2 Å². The third kappa shape index (κ3) is 7.33. The van der Waals surface area contributed by atoms with Crippen molar-refractivity contribution in [3.8, 4) is 22.1 Å². The van der Waals surface area contributed by atoms with Gasteiger partial charge in [0.1, 0.15) is 33.1 Å². The number of hydrogen-bond acceptors (Lipinski definition) is 7. The summed E-state index contributed by atoms with van der Waals surface area (Å²) in [6, 6.07) is 6.50. The van der Waals surface area contributed by atoms with Gasteiger partial charge >= 0.3 is 6.18 Å². The Kier molecular flexibility index (Phi) is 8.62. The Morgan fingerprint density at radius 2 is 1.60 bits per heavy atom. The predicted molar refractivity (Wildman–Crippen MR) is 120 cm³/mol. The molecule has 1 heterocycles. The minimum Gasteiger partial charge on any atom is -0.493 e. The Morgan fingerprint density at radius 1 is 0.943 bits per heavy atom. The molecule has 0 aliphatic heterocycles. The van der Waals surface area contributed by atoms with E-state index in [1.54, 1.807) is 6.92 Å². The highest BCUT2D eigenvalue weighted by Crippen LogP contribution is 2.40. The molecule has 0 fully saturated rings. The van der Waals surface area contributed by atoms with Crippen molar-refractivity contribution in [3.63, 3.8) is 0 Å². The first-order valence-corrected chi connectivity index (χ1v) is 11.5. The SMILES string of the molecule is C[C@](N)(CO)c1nnc(-c2ccc(OCCCCCOc3cc(F)cc(F)c3)c(C(F)(F)F)c2)s1. The van der Waals surface area contributed by atoms with Gasteiger partial charge in [0, 0.05) is 23.8 Å². The third-order valence-corrected chi connectivity index (χ3v) is 6.18. The maximum atomic E-state index is 13.7. The molecule has 190 valence electrons. The van der Waals surface area contributed by atoms with E-state index in [4.69, 9.17) is 15.2 Å². The van der Waals surface area contributed by atoms with Crippen LogP contribution in [0.2, 0.25) is 0 Å². The summed E-state index contributed by atoms with van der Waals surface area (Å²) in [4.78, 5) is 0. The van der Waals surface area contributed by atoms with Crippen LogP contribution in [0.5, 0.6) is 11.5 Å². The second-order valence-corrected chi connectivity index (χ2v) is 9.04. The van der Waals surface area contributed by atoms with Gasteiger partial charge in [0.25, 0.3) is 0 Å². The molecule has 6 nitrogen and oxygen atoms in total. The number of halogens is 5. The van der Waals surface area contributed by atoms with E-state index in [0.29, 0.717) is 24.3 Å². The number of nitrogens with two attached hydrogens (primary N) is 1. The van der Waals surface area contributed by atoms with Crippen molar-refractivity contribution >= 4 is 11.3 Å². The summed E-state index contributed by atoms with van der Waals surface area (Å²) in [5.74, 6) is -1.72. The zero-order valence-electron chi connectivity index (χ0n) is 18.7. The highest BCUT2D eigenvalue weighted by Gasteiger charge is 2.35. The predicted octanol–water partition coefficient (Wildman–Crippen LogP) is 5.30. The van der Waals surface area contributed by atoms with Crippen LogP contribution in [0.25, 0.3) is 10.6 Å². The van der Waals surface area contributed by atoms with Crippen molar-refractivity contribution < 1.29 is 36.5 Å². The molecule has 0 spiro atoms. The molecule has 1 atom stereocenters. The van der Waals surface area contributed by atoms with Crippen LogP contribution in [0.1, 0.15) is 36.8 Å². The quantitative estimate of drug-likeness (QED) is 0.265. The van der Waals surface area contributed by atoms with E-state index in [-0.39, 0.29) is 35.3 Å². The van der Waals surface area contributed by atoms with Gasteiger partial charge in [-0.1, -0.05) is 11.3 Å². The monoisotopic (exact) mass is 517 g/mol. The van der Waals surface area contributed by atoms with Gasteiger partial charge in [-0.25, -0.2) is 8.78 Å². The maximum absolute atomic E-state index is 13.7. The van der Waals surface area contributed by atoms with E-state index in [0.717, 1.165) is 35.6 Å². The second kappa shape index (κ2) is 11.3. The van der Waals surface area contributed by atoms with Crippen LogP contribution < -0.4 is 15.2 Å². The first-order valence-electron chi connectivity index (χ1n) is 10.7. The summed E-state index contributed by atoms with van der Waals surface area (Å²) in [5.41, 5.74) is 4.02. The molecule has 1 aromatic heterocycles. The Hall–Kier alpha value is -2.83. The average molecular weight is 518 g/mol. The minimum absolute atomic E-state index is 0.0437. The molecule has 3 aromatic rings. The van der Waals surface area contributed by atoms with Crippen molar-refractivity contribution in [2.75, 3.05) is 19.8 Å². The summed E-state index contributed by atoms with van der Waals surface area (Å²) < 4.78 is 77.9. The molecule has 0 saturated heterocycles. The number of aliphatic hydroxyl groups is 1. The lowest BCUT2D eigenvalue weighted by molar-refractivity contribution is -0.138. The van der Waals surface area contributed by atoms with Gasteiger partial charge in [-0.15, -0.1) is 10.2 Å². The lowest BCUT2D eigenvalue weighted by Crippen LogP contribution is -2.36. The van der Waals surface area contributed by atoms with Crippen molar-refractivity contribution in [2.45, 2.75) is 37.9 Å². The lowest BCUT2D eigenvalue weighted by atomic mass is 10.1. The molecule has 0 saturated carbocycles. The number of nitrogens with zero attached hydrogens (tertiary/aromatic N) is 2. The second-order valence-electron chi connectivity index (χ2n) is 8.06. The van der Waals surface area contributed by atoms with Crippen molar-refractivity contribution in [1.82, 2.24) is 10.2 Å². The number of aliphatic hydroxyl groups excluding tert-OH is 1. The zero-order chi connectivity index (χ0) is 25.6. The highest BCUT2D eigenvalue weighted by molar-refractivity contribution is 7.14. The van der Waals surface area contributed by atoms with E-state index in [2.05, 4.69) is 10.2 Å². The summed E-state index contributed by atoms with van der Waals surface area (Å²) in [7, 11) is 0. The van der Waals surface area contributed by atoms with Crippen LogP contribution in [-0.2, 0) is 11.7 Å². The standard InChI is InChI=1S/C23H24F5N3O3S/c1-22(29,13-32)21-31-30-20(35-21)14-5-6-19(18(9-14)23(26,27)28)34-8-4-2-3-7-33-17-11-15(24)10-16(25)12-17/h5-6,9-12,32H,2-4,7-8,13,29H2,1H3/t22-/m0/s1. The van der Waals surface area contributed by atoms with E-state index < -0.39 is 35.5 Å². The van der Waals surface area contributed by atoms with Gasteiger partial charge in [0.15, 0.2) is 0 Å². The van der Waals surface area contributed by atoms with Crippen molar-refractivity contribution in [1.29, 1.82) is 0 Å². The molecule has 3 rings (SSSR count). The van der Waals surface area contributed by atoms with Crippen LogP contribution in [0, 0.1) is 11.6 Å². The lowest BCUT2D eigenvalue weighted by Gasteiger charge is -2.17. The zero-order valence-corrected chi connectivity index (χ0v) is 19.6. The number of unbranched alkanes of at least 4 members (excludes halogenated alkanes) is 2. The molecule has 0 radical (unpaired) electrons. The molecular weight excluding hydrogens is 493 g/mol. The normalized spacial score (nSPS) is 13.5. The Labute approximate surface area is 202 Å². The number of hydrogen-bond donors (Lipinski definition) is 2. The third-order valence-electron chi connectivity index (χ3n) is 4.92. The first-order chi connectivity index (χ1) is 16.5. The minimum atomic E-state index is -4.65. The Bertz CT molecular complexity index is 1120. The largest absolute Gasteiger partial charge is 0.493 e. The van der Waals surface area contributed by atoms with E-state index in [9.17, 15) is 27.1 Å². The Morgan fingerprint density at radius 3 is 2.23 bits per heavy atom. The smallest absolute Gasteiger partial charge is 0.419 e. The summed E-state index contributed by atoms with van der Waals surface area (Å²) in [6.45, 7) is 1.40. The van der Waals surface area contributed by atoms with Gasteiger partial charge in [-0.3, -0.25) is 0 Å². The molecule has 0 aliphatic rings. The fourth-order valence-corrected chi connectivity index (χ4v) is 3.90. The molecule has 12 heteroatoms. The molecule has 3 N–H and O–H groups in total. The van der Waals surface area contributed by atoms with Crippen molar-refractivity contribution in [2.24, 2.45) is 5.73 Å². The maximum Gasteiger partial charge on any atom is 0.419 e. The van der Waals surface area contributed by atoms with Crippen LogP contribution in [0.15, 0.2) is 36.4 Å².